The van der Waals surface area contributed by atoms with Gasteiger partial charge in [0.2, 0.25) is 0 Å². The predicted molar refractivity (Wildman–Crippen MR) is 90.1 cm³/mol. The number of pyridine rings is 1. The van der Waals surface area contributed by atoms with Crippen molar-refractivity contribution in [3.05, 3.63) is 48.3 Å². The number of nitrogens with one attached hydrogen (secondary N) is 1. The quantitative estimate of drug-likeness (QED) is 0.723. The molecule has 0 aliphatic rings. The van der Waals surface area contributed by atoms with E-state index in [0.717, 1.165) is 16.9 Å². The summed E-state index contributed by atoms with van der Waals surface area (Å²) < 4.78 is 16.5. The molecule has 2 aromatic heterocycles. The number of nitrogens with two attached hydrogens (primary N) is 1. The van der Waals surface area contributed by atoms with Crippen molar-refractivity contribution < 1.29 is 14.2 Å². The monoisotopic (exact) mass is 326 g/mol. The van der Waals surface area contributed by atoms with Gasteiger partial charge in [0.25, 0.3) is 0 Å². The second kappa shape index (κ2) is 6.91. The van der Waals surface area contributed by atoms with Crippen molar-refractivity contribution in [2.24, 2.45) is 0 Å². The van der Waals surface area contributed by atoms with Crippen LogP contribution in [0.3, 0.4) is 0 Å². The molecule has 2 heterocycles. The minimum absolute atomic E-state index is 0.384. The van der Waals surface area contributed by atoms with E-state index in [0.29, 0.717) is 29.6 Å². The maximum Gasteiger partial charge on any atom is 0.151 e. The first-order valence-electron chi connectivity index (χ1n) is 7.30. The minimum Gasteiger partial charge on any atom is -0.497 e. The van der Waals surface area contributed by atoms with Crippen LogP contribution in [0.5, 0.6) is 17.2 Å². The third kappa shape index (κ3) is 3.24. The summed E-state index contributed by atoms with van der Waals surface area (Å²) in [6.07, 6.45) is 3.25. The molecule has 124 valence electrons. The van der Waals surface area contributed by atoms with Crippen molar-refractivity contribution in [1.29, 1.82) is 0 Å². The maximum absolute atomic E-state index is 5.93. The Labute approximate surface area is 139 Å². The molecule has 7 heteroatoms. The number of hydrogen-bond donors (Lipinski definition) is 2. The number of rotatable bonds is 6. The number of nitrogen functional groups attached to an aromatic ring is 1. The van der Waals surface area contributed by atoms with Crippen molar-refractivity contribution in [1.82, 2.24) is 15.2 Å². The van der Waals surface area contributed by atoms with Crippen molar-refractivity contribution >= 4 is 5.82 Å². The molecule has 0 aliphatic heterocycles. The van der Waals surface area contributed by atoms with Gasteiger partial charge in [-0.25, -0.2) is 0 Å². The van der Waals surface area contributed by atoms with E-state index in [1.807, 2.05) is 24.3 Å². The molecule has 3 aromatic rings. The first-order chi connectivity index (χ1) is 11.7. The second-order valence-corrected chi connectivity index (χ2v) is 5.06. The lowest BCUT2D eigenvalue weighted by Crippen LogP contribution is -2.00. The molecule has 3 rings (SSSR count). The number of anilines is 1. The summed E-state index contributed by atoms with van der Waals surface area (Å²) in [4.78, 5) is 4.15. The molecule has 0 aliphatic carbocycles. The molecular formula is C17H18N4O3. The molecule has 3 N–H and O–H groups in total. The van der Waals surface area contributed by atoms with Gasteiger partial charge in [-0.15, -0.1) is 0 Å². The van der Waals surface area contributed by atoms with E-state index in [9.17, 15) is 0 Å². The average molecular weight is 326 g/mol. The first kappa shape index (κ1) is 15.7. The summed E-state index contributed by atoms with van der Waals surface area (Å²) in [5.41, 5.74) is 8.14. The van der Waals surface area contributed by atoms with Crippen molar-refractivity contribution in [3.63, 3.8) is 0 Å². The number of methoxy groups -OCH3 is 2. The van der Waals surface area contributed by atoms with Crippen LogP contribution in [-0.4, -0.2) is 29.4 Å². The largest absolute Gasteiger partial charge is 0.497 e. The fraction of sp³-hybridized carbons (Fsp3) is 0.176. The zero-order valence-electron chi connectivity index (χ0n) is 13.4. The van der Waals surface area contributed by atoms with E-state index < -0.39 is 0 Å². The zero-order valence-corrected chi connectivity index (χ0v) is 13.4. The molecule has 0 bridgehead atoms. The highest BCUT2D eigenvalue weighted by Gasteiger charge is 2.16. The molecule has 0 atom stereocenters. The van der Waals surface area contributed by atoms with Crippen LogP contribution in [-0.2, 0) is 6.61 Å². The number of ether oxygens (including phenoxy) is 3. The van der Waals surface area contributed by atoms with Gasteiger partial charge in [-0.1, -0.05) is 12.1 Å². The lowest BCUT2D eigenvalue weighted by molar-refractivity contribution is 0.303. The summed E-state index contributed by atoms with van der Waals surface area (Å²) in [6, 6.07) is 9.39. The Morgan fingerprint density at radius 2 is 1.79 bits per heavy atom. The minimum atomic E-state index is 0.384. The van der Waals surface area contributed by atoms with Gasteiger partial charge >= 0.3 is 0 Å². The Balaban J connectivity index is 1.87. The van der Waals surface area contributed by atoms with Crippen molar-refractivity contribution in [2.75, 3.05) is 20.0 Å². The first-order valence-corrected chi connectivity index (χ1v) is 7.30. The van der Waals surface area contributed by atoms with E-state index in [2.05, 4.69) is 15.2 Å². The summed E-state index contributed by atoms with van der Waals surface area (Å²) in [5, 5.41) is 6.83. The van der Waals surface area contributed by atoms with Crippen LogP contribution in [0, 0.1) is 0 Å². The van der Waals surface area contributed by atoms with Gasteiger partial charge in [0.05, 0.1) is 37.9 Å². The lowest BCUT2D eigenvalue weighted by Gasteiger charge is -2.13. The Morgan fingerprint density at radius 1 is 1.04 bits per heavy atom. The highest BCUT2D eigenvalue weighted by molar-refractivity contribution is 5.74. The highest BCUT2D eigenvalue weighted by Crippen LogP contribution is 2.37. The summed E-state index contributed by atoms with van der Waals surface area (Å²) in [6.45, 7) is 0.384. The van der Waals surface area contributed by atoms with E-state index in [-0.39, 0.29) is 0 Å². The molecule has 1 aromatic carbocycles. The number of benzene rings is 1. The van der Waals surface area contributed by atoms with Gasteiger partial charge in [-0.05, 0) is 17.7 Å². The van der Waals surface area contributed by atoms with Crippen LogP contribution in [0.25, 0.3) is 11.3 Å². The number of aromatic nitrogens is 3. The molecule has 0 saturated carbocycles. The normalized spacial score (nSPS) is 10.4. The topological polar surface area (TPSA) is 95.3 Å². The molecule has 0 saturated heterocycles. The van der Waals surface area contributed by atoms with E-state index in [4.69, 9.17) is 19.9 Å². The van der Waals surface area contributed by atoms with Crippen LogP contribution >= 0.6 is 0 Å². The molecule has 0 amide bonds. The Kier molecular flexibility index (Phi) is 4.51. The second-order valence-electron chi connectivity index (χ2n) is 5.06. The van der Waals surface area contributed by atoms with Crippen LogP contribution in [0.4, 0.5) is 5.82 Å². The van der Waals surface area contributed by atoms with Crippen LogP contribution < -0.4 is 19.9 Å². The summed E-state index contributed by atoms with van der Waals surface area (Å²) in [7, 11) is 3.21. The molecule has 0 spiro atoms. The number of H-pyrrole nitrogens is 1. The fourth-order valence-electron chi connectivity index (χ4n) is 2.30. The fourth-order valence-corrected chi connectivity index (χ4v) is 2.30. The molecular weight excluding hydrogens is 308 g/mol. The predicted octanol–water partition coefficient (Wildman–Crippen LogP) is 2.65. The van der Waals surface area contributed by atoms with Gasteiger partial charge in [0.1, 0.15) is 23.9 Å². The van der Waals surface area contributed by atoms with Gasteiger partial charge in [-0.2, -0.15) is 5.10 Å². The number of hydrogen-bond acceptors (Lipinski definition) is 6. The molecule has 0 unspecified atom stereocenters. The lowest BCUT2D eigenvalue weighted by atomic mass is 10.1. The van der Waals surface area contributed by atoms with Gasteiger partial charge < -0.3 is 19.9 Å². The van der Waals surface area contributed by atoms with E-state index in [1.165, 1.54) is 0 Å². The van der Waals surface area contributed by atoms with E-state index in [1.54, 1.807) is 32.7 Å². The Morgan fingerprint density at radius 3 is 2.42 bits per heavy atom. The Bertz CT molecular complexity index is 815. The summed E-state index contributed by atoms with van der Waals surface area (Å²) >= 11 is 0. The smallest absolute Gasteiger partial charge is 0.151 e. The number of nitrogens with zero attached hydrogens (tertiary/aromatic N) is 2. The SMILES string of the molecule is COc1ccc(COc2cncc(OC)c2-c2cc(N)n[nH]2)cc1. The Hall–Kier alpha value is -3.22. The number of aromatic amines is 1. The highest BCUT2D eigenvalue weighted by atomic mass is 16.5. The molecule has 0 fully saturated rings. The maximum atomic E-state index is 5.93. The molecule has 24 heavy (non-hydrogen) atoms. The third-order valence-electron chi connectivity index (χ3n) is 3.52. The standard InChI is InChI=1S/C17H18N4O3/c1-22-12-5-3-11(4-6-12)10-24-15-9-19-8-14(23-2)17(15)13-7-16(18)21-20-13/h3-9H,10H2,1-2H3,(H3,18,20,21). The van der Waals surface area contributed by atoms with Crippen LogP contribution in [0.1, 0.15) is 5.56 Å². The van der Waals surface area contributed by atoms with Gasteiger partial charge in [0.15, 0.2) is 5.75 Å². The average Bonchev–Trinajstić information content (AvgIpc) is 3.05. The van der Waals surface area contributed by atoms with Gasteiger partial charge in [-0.3, -0.25) is 10.1 Å². The van der Waals surface area contributed by atoms with Crippen molar-refractivity contribution in [3.8, 4) is 28.5 Å². The van der Waals surface area contributed by atoms with E-state index >= 15 is 0 Å². The summed E-state index contributed by atoms with van der Waals surface area (Å²) in [5.74, 6) is 2.35. The molecule has 0 radical (unpaired) electrons. The molecule has 7 nitrogen and oxygen atoms in total. The van der Waals surface area contributed by atoms with Crippen molar-refractivity contribution in [2.45, 2.75) is 6.61 Å². The van der Waals surface area contributed by atoms with Gasteiger partial charge in [0, 0.05) is 6.07 Å². The zero-order chi connectivity index (χ0) is 16.9. The van der Waals surface area contributed by atoms with Crippen LogP contribution in [0.2, 0.25) is 0 Å². The third-order valence-corrected chi connectivity index (χ3v) is 3.52. The van der Waals surface area contributed by atoms with Crippen LogP contribution in [0.15, 0.2) is 42.7 Å².